The predicted molar refractivity (Wildman–Crippen MR) is 95.7 cm³/mol. The topological polar surface area (TPSA) is 59.8 Å². The van der Waals surface area contributed by atoms with Crippen LogP contribution in [0.1, 0.15) is 43.0 Å². The van der Waals surface area contributed by atoms with E-state index in [0.717, 1.165) is 30.2 Å². The fraction of sp³-hybridized carbons (Fsp3) is 0.444. The number of benzene rings is 1. The van der Waals surface area contributed by atoms with Crippen molar-refractivity contribution in [3.05, 3.63) is 38.7 Å². The van der Waals surface area contributed by atoms with Crippen LogP contribution >= 0.6 is 15.9 Å². The first-order valence-corrected chi connectivity index (χ1v) is 8.96. The number of carbonyl (C=O) groups excluding carboxylic acids is 1. The van der Waals surface area contributed by atoms with Gasteiger partial charge in [0.15, 0.2) is 11.3 Å². The Morgan fingerprint density at radius 1 is 1.38 bits per heavy atom. The minimum atomic E-state index is -0.617. The van der Waals surface area contributed by atoms with Gasteiger partial charge in [0.1, 0.15) is 5.56 Å². The van der Waals surface area contributed by atoms with Gasteiger partial charge < -0.3 is 14.1 Å². The third-order valence-corrected chi connectivity index (χ3v) is 5.03. The lowest BCUT2D eigenvalue weighted by molar-refractivity contribution is 0.0604. The molecule has 1 atom stereocenters. The Hall–Kier alpha value is -1.82. The maximum absolute atomic E-state index is 12.9. The van der Waals surface area contributed by atoms with Gasteiger partial charge in [-0.05, 0) is 43.9 Å². The summed E-state index contributed by atoms with van der Waals surface area (Å²) in [6.07, 6.45) is 3.98. The second-order valence-corrected chi connectivity index (χ2v) is 6.95. The van der Waals surface area contributed by atoms with Crippen molar-refractivity contribution >= 4 is 32.8 Å². The lowest BCUT2D eigenvalue weighted by Crippen LogP contribution is -2.44. The fourth-order valence-corrected chi connectivity index (χ4v) is 3.77. The van der Waals surface area contributed by atoms with E-state index in [1.807, 2.05) is 11.0 Å². The number of amides is 1. The molecule has 0 aliphatic carbocycles. The molecule has 6 heteroatoms. The molecule has 1 aromatic heterocycles. The molecule has 2 heterocycles. The van der Waals surface area contributed by atoms with E-state index in [9.17, 15) is 9.59 Å². The Kier molecular flexibility index (Phi) is 4.94. The predicted octanol–water partition coefficient (Wildman–Crippen LogP) is 3.97. The van der Waals surface area contributed by atoms with Gasteiger partial charge >= 0.3 is 5.63 Å². The van der Waals surface area contributed by atoms with Crippen molar-refractivity contribution in [3.8, 4) is 5.75 Å². The smallest absolute Gasteiger partial charge is 0.349 e. The molecule has 0 saturated carbocycles. The number of carbonyl (C=O) groups is 1. The van der Waals surface area contributed by atoms with Gasteiger partial charge in [0, 0.05) is 22.4 Å². The summed E-state index contributed by atoms with van der Waals surface area (Å²) in [7, 11) is 1.51. The Bertz CT molecular complexity index is 830. The average molecular weight is 394 g/mol. The minimum absolute atomic E-state index is 0.0861. The molecule has 24 heavy (non-hydrogen) atoms. The highest BCUT2D eigenvalue weighted by Gasteiger charge is 2.28. The van der Waals surface area contributed by atoms with E-state index >= 15 is 0 Å². The van der Waals surface area contributed by atoms with Crippen LogP contribution in [-0.4, -0.2) is 30.5 Å². The fourth-order valence-electron chi connectivity index (χ4n) is 3.32. The van der Waals surface area contributed by atoms with Crippen molar-refractivity contribution in [1.82, 2.24) is 4.90 Å². The number of nitrogens with zero attached hydrogens (tertiary/aromatic N) is 1. The monoisotopic (exact) mass is 393 g/mol. The van der Waals surface area contributed by atoms with E-state index in [1.165, 1.54) is 7.11 Å². The molecule has 0 spiro atoms. The van der Waals surface area contributed by atoms with Crippen molar-refractivity contribution in [2.45, 2.75) is 38.6 Å². The van der Waals surface area contributed by atoms with Crippen LogP contribution in [0.15, 0.2) is 31.9 Å². The summed E-state index contributed by atoms with van der Waals surface area (Å²) in [4.78, 5) is 27.1. The van der Waals surface area contributed by atoms with E-state index in [1.54, 1.807) is 12.1 Å². The molecule has 1 aliphatic heterocycles. The van der Waals surface area contributed by atoms with Gasteiger partial charge in [-0.15, -0.1) is 0 Å². The summed E-state index contributed by atoms with van der Waals surface area (Å²) < 4.78 is 11.5. The van der Waals surface area contributed by atoms with Crippen LogP contribution in [0.5, 0.6) is 5.75 Å². The molecule has 3 rings (SSSR count). The molecule has 0 N–H and O–H groups in total. The van der Waals surface area contributed by atoms with Crippen LogP contribution in [0.3, 0.4) is 0 Å². The molecule has 1 saturated heterocycles. The molecular formula is C18H20BrNO4. The summed E-state index contributed by atoms with van der Waals surface area (Å²) in [6, 6.07) is 5.34. The number of piperidine rings is 1. The van der Waals surface area contributed by atoms with Crippen molar-refractivity contribution in [1.29, 1.82) is 0 Å². The lowest BCUT2D eigenvalue weighted by atomic mass is 9.99. The molecule has 2 aromatic rings. The molecule has 128 valence electrons. The van der Waals surface area contributed by atoms with Gasteiger partial charge in [-0.3, -0.25) is 4.79 Å². The number of methoxy groups -OCH3 is 1. The third kappa shape index (κ3) is 3.07. The highest BCUT2D eigenvalue weighted by atomic mass is 79.9. The Morgan fingerprint density at radius 2 is 2.17 bits per heavy atom. The first-order valence-electron chi connectivity index (χ1n) is 8.17. The van der Waals surface area contributed by atoms with Gasteiger partial charge in [-0.25, -0.2) is 4.79 Å². The van der Waals surface area contributed by atoms with E-state index in [4.69, 9.17) is 9.15 Å². The average Bonchev–Trinajstić information content (AvgIpc) is 2.60. The number of hydrogen-bond donors (Lipinski definition) is 0. The molecule has 0 radical (unpaired) electrons. The van der Waals surface area contributed by atoms with Crippen LogP contribution in [0, 0.1) is 0 Å². The van der Waals surface area contributed by atoms with Crippen LogP contribution in [0.25, 0.3) is 11.0 Å². The van der Waals surface area contributed by atoms with Gasteiger partial charge in [0.2, 0.25) is 0 Å². The second kappa shape index (κ2) is 6.97. The second-order valence-electron chi connectivity index (χ2n) is 6.03. The standard InChI is InChI=1S/C18H20BrNO4/c1-3-13-6-4-5-7-20(13)17(21)14-9-11-8-12(19)10-15(23-2)16(11)24-18(14)22/h8-10,13H,3-7H2,1-2H3/t13-/m0/s1. The Balaban J connectivity index is 2.07. The maximum atomic E-state index is 12.9. The zero-order valence-corrected chi connectivity index (χ0v) is 15.4. The quantitative estimate of drug-likeness (QED) is 0.740. The zero-order chi connectivity index (χ0) is 17.3. The first-order chi connectivity index (χ1) is 11.5. The van der Waals surface area contributed by atoms with Crippen LogP contribution in [0.2, 0.25) is 0 Å². The van der Waals surface area contributed by atoms with Gasteiger partial charge in [0.05, 0.1) is 7.11 Å². The van der Waals surface area contributed by atoms with Gasteiger partial charge in [-0.2, -0.15) is 0 Å². The zero-order valence-electron chi connectivity index (χ0n) is 13.8. The molecule has 1 amide bonds. The van der Waals surface area contributed by atoms with E-state index in [-0.39, 0.29) is 17.5 Å². The van der Waals surface area contributed by atoms with Crippen molar-refractivity contribution in [2.75, 3.05) is 13.7 Å². The molecule has 5 nitrogen and oxygen atoms in total. The molecular weight excluding hydrogens is 374 g/mol. The summed E-state index contributed by atoms with van der Waals surface area (Å²) in [5.41, 5.74) is -0.176. The Morgan fingerprint density at radius 3 is 2.88 bits per heavy atom. The largest absolute Gasteiger partial charge is 0.493 e. The van der Waals surface area contributed by atoms with E-state index in [0.29, 0.717) is 23.3 Å². The first kappa shape index (κ1) is 17.0. The molecule has 1 aromatic carbocycles. The third-order valence-electron chi connectivity index (χ3n) is 4.57. The number of fused-ring (bicyclic) bond motifs is 1. The van der Waals surface area contributed by atoms with Crippen LogP contribution in [-0.2, 0) is 0 Å². The van der Waals surface area contributed by atoms with Crippen molar-refractivity contribution < 1.29 is 13.9 Å². The van der Waals surface area contributed by atoms with Crippen molar-refractivity contribution in [3.63, 3.8) is 0 Å². The molecule has 1 aliphatic rings. The number of hydrogen-bond acceptors (Lipinski definition) is 4. The molecule has 0 bridgehead atoms. The van der Waals surface area contributed by atoms with Crippen LogP contribution in [0.4, 0.5) is 0 Å². The SMILES string of the molecule is CC[C@H]1CCCCN1C(=O)c1cc2cc(Br)cc(OC)c2oc1=O. The number of halogens is 1. The maximum Gasteiger partial charge on any atom is 0.349 e. The minimum Gasteiger partial charge on any atom is -0.493 e. The highest BCUT2D eigenvalue weighted by Crippen LogP contribution is 2.30. The van der Waals surface area contributed by atoms with Gasteiger partial charge in [-0.1, -0.05) is 22.9 Å². The summed E-state index contributed by atoms with van der Waals surface area (Å²) in [6.45, 7) is 2.76. The number of likely N-dealkylation sites (tertiary alicyclic amines) is 1. The van der Waals surface area contributed by atoms with E-state index < -0.39 is 5.63 Å². The van der Waals surface area contributed by atoms with Gasteiger partial charge in [0.25, 0.3) is 5.91 Å². The normalized spacial score (nSPS) is 18.0. The highest BCUT2D eigenvalue weighted by molar-refractivity contribution is 9.10. The Labute approximate surface area is 148 Å². The summed E-state index contributed by atoms with van der Waals surface area (Å²) in [5, 5.41) is 0.661. The number of rotatable bonds is 3. The number of ether oxygens (including phenoxy) is 1. The molecule has 0 unspecified atom stereocenters. The van der Waals surface area contributed by atoms with Crippen LogP contribution < -0.4 is 10.4 Å². The lowest BCUT2D eigenvalue weighted by Gasteiger charge is -2.35. The molecule has 1 fully saturated rings. The van der Waals surface area contributed by atoms with E-state index in [2.05, 4.69) is 22.9 Å². The summed E-state index contributed by atoms with van der Waals surface area (Å²) >= 11 is 3.41. The van der Waals surface area contributed by atoms with Crippen molar-refractivity contribution in [2.24, 2.45) is 0 Å². The summed E-state index contributed by atoms with van der Waals surface area (Å²) in [5.74, 6) is 0.219.